The maximum absolute atomic E-state index is 12.6. The van der Waals surface area contributed by atoms with Gasteiger partial charge in [-0.2, -0.15) is 0 Å². The van der Waals surface area contributed by atoms with E-state index in [1.165, 1.54) is 0 Å². The number of rotatable bonds is 8. The first-order chi connectivity index (χ1) is 18.0. The Bertz CT molecular complexity index is 1320. The SMILES string of the molecule is O=C(O)c1ccc2c(c1)CCCC(c1ccccc1Cl)=C2c1cccc(OC2CCN(CCCF)C2)c1. The Hall–Kier alpha value is -3.15. The van der Waals surface area contributed by atoms with Gasteiger partial charge in [0.25, 0.3) is 0 Å². The first-order valence-corrected chi connectivity index (χ1v) is 13.3. The smallest absolute Gasteiger partial charge is 0.335 e. The molecule has 0 amide bonds. The van der Waals surface area contributed by atoms with Crippen LogP contribution in [-0.4, -0.2) is 48.4 Å². The molecule has 3 aromatic rings. The third kappa shape index (κ3) is 5.73. The van der Waals surface area contributed by atoms with Crippen LogP contribution in [-0.2, 0) is 6.42 Å². The third-order valence-electron chi connectivity index (χ3n) is 7.26. The van der Waals surface area contributed by atoms with Gasteiger partial charge < -0.3 is 9.84 Å². The standard InChI is InChI=1S/C31H31ClFNO3/c32-29-11-2-1-9-27(29)28-10-4-6-21-18-23(31(35)36)12-13-26(21)30(28)22-7-3-8-24(19-22)37-25-14-17-34(20-25)16-5-15-33/h1-3,7-9,11-13,18-19,25H,4-6,10,14-17,20H2,(H,35,36). The minimum atomic E-state index is -0.920. The molecule has 1 atom stereocenters. The van der Waals surface area contributed by atoms with Crippen molar-refractivity contribution in [2.24, 2.45) is 0 Å². The van der Waals surface area contributed by atoms with Crippen molar-refractivity contribution in [3.05, 3.63) is 99.6 Å². The fourth-order valence-electron chi connectivity index (χ4n) is 5.52. The number of aryl methyl sites for hydroxylation is 1. The number of carboxylic acids is 1. The lowest BCUT2D eigenvalue weighted by atomic mass is 9.87. The Morgan fingerprint density at radius 2 is 1.92 bits per heavy atom. The second kappa shape index (κ2) is 11.5. The van der Waals surface area contributed by atoms with E-state index < -0.39 is 5.97 Å². The number of halogens is 2. The topological polar surface area (TPSA) is 49.8 Å². The van der Waals surface area contributed by atoms with Crippen LogP contribution in [0.25, 0.3) is 11.1 Å². The highest BCUT2D eigenvalue weighted by Gasteiger charge is 2.25. The molecule has 1 unspecified atom stereocenters. The number of likely N-dealkylation sites (tertiary alicyclic amines) is 1. The maximum Gasteiger partial charge on any atom is 0.335 e. The lowest BCUT2D eigenvalue weighted by molar-refractivity contribution is 0.0696. The summed E-state index contributed by atoms with van der Waals surface area (Å²) in [5.74, 6) is -0.120. The number of carboxylic acid groups (broad SMARTS) is 1. The molecule has 0 saturated carbocycles. The van der Waals surface area contributed by atoms with E-state index in [0.29, 0.717) is 17.0 Å². The summed E-state index contributed by atoms with van der Waals surface area (Å²) in [4.78, 5) is 13.9. The van der Waals surface area contributed by atoms with Crippen LogP contribution in [0.4, 0.5) is 4.39 Å². The number of aromatic carboxylic acids is 1. The Labute approximate surface area is 222 Å². The van der Waals surface area contributed by atoms with Crippen LogP contribution in [0.5, 0.6) is 5.75 Å². The molecule has 4 nitrogen and oxygen atoms in total. The van der Waals surface area contributed by atoms with Crippen LogP contribution < -0.4 is 4.74 Å². The third-order valence-corrected chi connectivity index (χ3v) is 7.59. The van der Waals surface area contributed by atoms with E-state index in [9.17, 15) is 14.3 Å². The van der Waals surface area contributed by atoms with Crippen LogP contribution in [0.1, 0.15) is 58.3 Å². The molecule has 1 N–H and O–H groups in total. The van der Waals surface area contributed by atoms with Gasteiger partial charge in [0, 0.05) is 24.7 Å². The molecule has 3 aromatic carbocycles. The Morgan fingerprint density at radius 3 is 2.73 bits per heavy atom. The van der Waals surface area contributed by atoms with Crippen LogP contribution >= 0.6 is 11.6 Å². The minimum absolute atomic E-state index is 0.0754. The van der Waals surface area contributed by atoms with E-state index in [2.05, 4.69) is 23.1 Å². The zero-order chi connectivity index (χ0) is 25.8. The molecule has 2 aliphatic rings. The molecular weight excluding hydrogens is 489 g/mol. The Kier molecular flexibility index (Phi) is 7.92. The highest BCUT2D eigenvalue weighted by Crippen LogP contribution is 2.42. The molecule has 1 aliphatic heterocycles. The van der Waals surface area contributed by atoms with Crippen molar-refractivity contribution < 1.29 is 19.0 Å². The van der Waals surface area contributed by atoms with E-state index >= 15 is 0 Å². The monoisotopic (exact) mass is 519 g/mol. The molecule has 192 valence electrons. The summed E-state index contributed by atoms with van der Waals surface area (Å²) in [6.45, 7) is 2.20. The number of benzene rings is 3. The van der Waals surface area contributed by atoms with Gasteiger partial charge in [0.15, 0.2) is 0 Å². The van der Waals surface area contributed by atoms with Gasteiger partial charge in [-0.15, -0.1) is 0 Å². The average molecular weight is 520 g/mol. The van der Waals surface area contributed by atoms with E-state index in [0.717, 1.165) is 84.5 Å². The zero-order valence-electron chi connectivity index (χ0n) is 20.8. The first-order valence-electron chi connectivity index (χ1n) is 12.9. The first kappa shape index (κ1) is 25.5. The predicted molar refractivity (Wildman–Crippen MR) is 146 cm³/mol. The normalized spacial score (nSPS) is 17.9. The molecule has 0 radical (unpaired) electrons. The van der Waals surface area contributed by atoms with Crippen molar-refractivity contribution in [1.82, 2.24) is 4.90 Å². The second-order valence-electron chi connectivity index (χ2n) is 9.76. The van der Waals surface area contributed by atoms with Crippen molar-refractivity contribution in [1.29, 1.82) is 0 Å². The summed E-state index contributed by atoms with van der Waals surface area (Å²) < 4.78 is 19.0. The molecule has 6 heteroatoms. The second-order valence-corrected chi connectivity index (χ2v) is 10.2. The average Bonchev–Trinajstić information content (AvgIpc) is 3.25. The van der Waals surface area contributed by atoms with Gasteiger partial charge in [0.05, 0.1) is 12.2 Å². The van der Waals surface area contributed by atoms with Crippen LogP contribution in [0, 0.1) is 0 Å². The fraction of sp³-hybridized carbons (Fsp3) is 0.323. The molecule has 5 rings (SSSR count). The molecule has 1 saturated heterocycles. The molecular formula is C31H31ClFNO3. The molecule has 0 spiro atoms. The van der Waals surface area contributed by atoms with Gasteiger partial charge in [-0.25, -0.2) is 4.79 Å². The predicted octanol–water partition coefficient (Wildman–Crippen LogP) is 7.15. The van der Waals surface area contributed by atoms with Gasteiger partial charge in [-0.1, -0.05) is 48.0 Å². The highest BCUT2D eigenvalue weighted by atomic mass is 35.5. The van der Waals surface area contributed by atoms with Crippen LogP contribution in [0.2, 0.25) is 5.02 Å². The maximum atomic E-state index is 12.6. The summed E-state index contributed by atoms with van der Waals surface area (Å²) in [6.07, 6.45) is 4.07. The summed E-state index contributed by atoms with van der Waals surface area (Å²) in [5.41, 5.74) is 6.61. The van der Waals surface area contributed by atoms with E-state index in [1.54, 1.807) is 12.1 Å². The lowest BCUT2D eigenvalue weighted by Crippen LogP contribution is -2.26. The lowest BCUT2D eigenvalue weighted by Gasteiger charge is -2.20. The van der Waals surface area contributed by atoms with Gasteiger partial charge in [-0.05, 0) is 95.8 Å². The van der Waals surface area contributed by atoms with Gasteiger partial charge >= 0.3 is 5.97 Å². The van der Waals surface area contributed by atoms with Crippen molar-refractivity contribution >= 4 is 28.7 Å². The molecule has 0 aromatic heterocycles. The summed E-state index contributed by atoms with van der Waals surface area (Å²) in [6, 6.07) is 21.5. The van der Waals surface area contributed by atoms with Gasteiger partial charge in [-0.3, -0.25) is 9.29 Å². The molecule has 1 aliphatic carbocycles. The largest absolute Gasteiger partial charge is 0.489 e. The number of carbonyl (C=O) groups is 1. The van der Waals surface area contributed by atoms with E-state index in [4.69, 9.17) is 16.3 Å². The number of nitrogens with zero attached hydrogens (tertiary/aromatic N) is 1. The number of ether oxygens (including phenoxy) is 1. The van der Waals surface area contributed by atoms with E-state index in [1.807, 2.05) is 36.4 Å². The minimum Gasteiger partial charge on any atom is -0.489 e. The van der Waals surface area contributed by atoms with Crippen LogP contribution in [0.3, 0.4) is 0 Å². The van der Waals surface area contributed by atoms with Crippen molar-refractivity contribution in [2.75, 3.05) is 26.3 Å². The Balaban J connectivity index is 1.55. The van der Waals surface area contributed by atoms with Gasteiger partial charge in [0.1, 0.15) is 11.9 Å². The summed E-state index contributed by atoms with van der Waals surface area (Å²) in [7, 11) is 0. The highest BCUT2D eigenvalue weighted by molar-refractivity contribution is 6.32. The quantitative estimate of drug-likeness (QED) is 0.343. The molecule has 37 heavy (non-hydrogen) atoms. The van der Waals surface area contributed by atoms with E-state index in [-0.39, 0.29) is 12.8 Å². The molecule has 1 fully saturated rings. The fourth-order valence-corrected chi connectivity index (χ4v) is 5.77. The van der Waals surface area contributed by atoms with Crippen LogP contribution in [0.15, 0.2) is 66.7 Å². The molecule has 0 bridgehead atoms. The van der Waals surface area contributed by atoms with Crippen molar-refractivity contribution in [3.63, 3.8) is 0 Å². The van der Waals surface area contributed by atoms with Crippen molar-refractivity contribution in [2.45, 2.75) is 38.2 Å². The van der Waals surface area contributed by atoms with Crippen molar-refractivity contribution in [3.8, 4) is 5.75 Å². The zero-order valence-corrected chi connectivity index (χ0v) is 21.5. The number of allylic oxidation sites excluding steroid dienone is 1. The number of hydrogen-bond acceptors (Lipinski definition) is 3. The number of alkyl halides is 1. The Morgan fingerprint density at radius 1 is 1.05 bits per heavy atom. The summed E-state index contributed by atoms with van der Waals surface area (Å²) in [5, 5.41) is 10.3. The molecule has 1 heterocycles. The number of hydrogen-bond donors (Lipinski definition) is 1. The number of fused-ring (bicyclic) bond motifs is 1. The van der Waals surface area contributed by atoms with Gasteiger partial charge in [0.2, 0.25) is 0 Å². The summed E-state index contributed by atoms with van der Waals surface area (Å²) >= 11 is 6.69.